The Balaban J connectivity index is 3.05. The van der Waals surface area contributed by atoms with E-state index in [0.29, 0.717) is 12.5 Å². The molecule has 0 aliphatic heterocycles. The van der Waals surface area contributed by atoms with Crippen molar-refractivity contribution >= 4 is 22.0 Å². The quantitative estimate of drug-likeness (QED) is 0.903. The largest absolute Gasteiger partial charge is 0.327 e. The molecule has 0 bridgehead atoms. The number of hydrogen-bond donors (Lipinski definition) is 1. The maximum Gasteiger partial charge on any atom is 0.0749 e. The van der Waals surface area contributed by atoms with Crippen molar-refractivity contribution in [1.29, 1.82) is 0 Å². The van der Waals surface area contributed by atoms with Crippen LogP contribution in [0, 0.1) is 5.92 Å². The average molecular weight is 258 g/mol. The van der Waals surface area contributed by atoms with Crippen LogP contribution >= 0.6 is 15.9 Å². The first kappa shape index (κ1) is 11.5. The van der Waals surface area contributed by atoms with Gasteiger partial charge in [-0.15, -0.1) is 0 Å². The van der Waals surface area contributed by atoms with E-state index in [4.69, 9.17) is 5.73 Å². The summed E-state index contributed by atoms with van der Waals surface area (Å²) in [5.41, 5.74) is 7.98. The molecule has 0 aliphatic carbocycles. The van der Waals surface area contributed by atoms with E-state index in [9.17, 15) is 0 Å². The van der Waals surface area contributed by atoms with E-state index in [2.05, 4.69) is 41.0 Å². The summed E-state index contributed by atoms with van der Waals surface area (Å²) < 4.78 is 2.84. The van der Waals surface area contributed by atoms with E-state index in [1.807, 2.05) is 11.7 Å². The number of hydrogen-bond acceptors (Lipinski definition) is 2. The van der Waals surface area contributed by atoms with Gasteiger partial charge < -0.3 is 5.73 Å². The third-order valence-electron chi connectivity index (χ3n) is 2.24. The highest BCUT2D eigenvalue weighted by molar-refractivity contribution is 9.10. The minimum absolute atomic E-state index is 0.474. The van der Waals surface area contributed by atoms with Gasteiger partial charge in [-0.25, -0.2) is 0 Å². The first-order chi connectivity index (χ1) is 6.56. The Bertz CT molecular complexity index is 320. The second-order valence-electron chi connectivity index (χ2n) is 3.58. The molecular formula is C10H16BrN3. The van der Waals surface area contributed by atoms with Gasteiger partial charge in [-0.05, 0) is 27.9 Å². The van der Waals surface area contributed by atoms with Gasteiger partial charge in [0.1, 0.15) is 0 Å². The molecule has 78 valence electrons. The summed E-state index contributed by atoms with van der Waals surface area (Å²) in [6.45, 7) is 4.88. The molecule has 0 aromatic carbocycles. The standard InChI is InChI=1S/C10H16BrN3/c1-7(2)8(5-12)4-10-9(11)6-13-14(10)3/h4,6-7H,5,12H2,1-3H3/b8-4+. The van der Waals surface area contributed by atoms with Crippen LogP contribution in [0.2, 0.25) is 0 Å². The minimum Gasteiger partial charge on any atom is -0.327 e. The van der Waals surface area contributed by atoms with Gasteiger partial charge >= 0.3 is 0 Å². The maximum atomic E-state index is 5.68. The Morgan fingerprint density at radius 1 is 1.71 bits per heavy atom. The van der Waals surface area contributed by atoms with Crippen molar-refractivity contribution in [2.45, 2.75) is 13.8 Å². The number of nitrogens with zero attached hydrogens (tertiary/aromatic N) is 2. The van der Waals surface area contributed by atoms with Gasteiger partial charge in [0.15, 0.2) is 0 Å². The van der Waals surface area contributed by atoms with E-state index >= 15 is 0 Å². The first-order valence-corrected chi connectivity index (χ1v) is 5.43. The fourth-order valence-electron chi connectivity index (χ4n) is 1.22. The van der Waals surface area contributed by atoms with Crippen molar-refractivity contribution < 1.29 is 0 Å². The molecule has 0 amide bonds. The second kappa shape index (κ2) is 4.75. The molecule has 0 unspecified atom stereocenters. The van der Waals surface area contributed by atoms with Gasteiger partial charge in [-0.1, -0.05) is 19.4 Å². The fraction of sp³-hybridized carbons (Fsp3) is 0.500. The van der Waals surface area contributed by atoms with Crippen LogP contribution in [0.25, 0.3) is 6.08 Å². The third-order valence-corrected chi connectivity index (χ3v) is 2.85. The molecule has 3 nitrogen and oxygen atoms in total. The number of nitrogens with two attached hydrogens (primary N) is 1. The minimum atomic E-state index is 0.474. The molecule has 14 heavy (non-hydrogen) atoms. The molecule has 4 heteroatoms. The van der Waals surface area contributed by atoms with Gasteiger partial charge in [0.2, 0.25) is 0 Å². The predicted octanol–water partition coefficient (Wildman–Crippen LogP) is 2.18. The molecule has 1 rings (SSSR count). The summed E-state index contributed by atoms with van der Waals surface area (Å²) in [5.74, 6) is 0.474. The first-order valence-electron chi connectivity index (χ1n) is 4.64. The van der Waals surface area contributed by atoms with Gasteiger partial charge in [-0.2, -0.15) is 5.10 Å². The van der Waals surface area contributed by atoms with Gasteiger partial charge in [0.25, 0.3) is 0 Å². The molecule has 0 spiro atoms. The monoisotopic (exact) mass is 257 g/mol. The van der Waals surface area contributed by atoms with Crippen LogP contribution in [-0.2, 0) is 7.05 Å². The van der Waals surface area contributed by atoms with Gasteiger partial charge in [-0.3, -0.25) is 4.68 Å². The lowest BCUT2D eigenvalue weighted by molar-refractivity contribution is 0.738. The zero-order chi connectivity index (χ0) is 10.7. The highest BCUT2D eigenvalue weighted by Gasteiger charge is 2.06. The van der Waals surface area contributed by atoms with Crippen LogP contribution in [0.15, 0.2) is 16.2 Å². The van der Waals surface area contributed by atoms with Crippen molar-refractivity contribution in [2.75, 3.05) is 6.54 Å². The van der Waals surface area contributed by atoms with Gasteiger partial charge in [0.05, 0.1) is 16.4 Å². The highest BCUT2D eigenvalue weighted by Crippen LogP contribution is 2.20. The number of aromatic nitrogens is 2. The van der Waals surface area contributed by atoms with Crippen LogP contribution in [0.1, 0.15) is 19.5 Å². The highest BCUT2D eigenvalue weighted by atomic mass is 79.9. The Labute approximate surface area is 93.1 Å². The fourth-order valence-corrected chi connectivity index (χ4v) is 1.68. The second-order valence-corrected chi connectivity index (χ2v) is 4.43. The molecule has 0 radical (unpaired) electrons. The van der Waals surface area contributed by atoms with Crippen LogP contribution in [0.3, 0.4) is 0 Å². The van der Waals surface area contributed by atoms with Crippen molar-refractivity contribution in [2.24, 2.45) is 18.7 Å². The zero-order valence-corrected chi connectivity index (χ0v) is 10.4. The molecule has 0 saturated heterocycles. The molecular weight excluding hydrogens is 242 g/mol. The van der Waals surface area contributed by atoms with E-state index in [1.54, 1.807) is 6.20 Å². The van der Waals surface area contributed by atoms with Crippen LogP contribution in [0.5, 0.6) is 0 Å². The summed E-state index contributed by atoms with van der Waals surface area (Å²) in [6, 6.07) is 0. The van der Waals surface area contributed by atoms with Crippen LogP contribution in [0.4, 0.5) is 0 Å². The summed E-state index contributed by atoms with van der Waals surface area (Å²) in [7, 11) is 1.92. The number of halogens is 1. The number of aryl methyl sites for hydroxylation is 1. The Hall–Kier alpha value is -0.610. The number of rotatable bonds is 3. The van der Waals surface area contributed by atoms with Gasteiger partial charge in [0, 0.05) is 13.6 Å². The zero-order valence-electron chi connectivity index (χ0n) is 8.79. The lowest BCUT2D eigenvalue weighted by atomic mass is 10.0. The average Bonchev–Trinajstić information content (AvgIpc) is 2.43. The Morgan fingerprint density at radius 2 is 2.36 bits per heavy atom. The van der Waals surface area contributed by atoms with Crippen molar-refractivity contribution in [3.05, 3.63) is 21.9 Å². The van der Waals surface area contributed by atoms with Crippen molar-refractivity contribution in [3.8, 4) is 0 Å². The molecule has 0 atom stereocenters. The summed E-state index contributed by atoms with van der Waals surface area (Å²) >= 11 is 3.46. The lowest BCUT2D eigenvalue weighted by Crippen LogP contribution is -2.09. The SMILES string of the molecule is CC(C)/C(=C/c1c(Br)cnn1C)CN. The molecule has 1 aromatic rings. The van der Waals surface area contributed by atoms with Crippen LogP contribution in [-0.4, -0.2) is 16.3 Å². The topological polar surface area (TPSA) is 43.8 Å². The van der Waals surface area contributed by atoms with E-state index in [0.717, 1.165) is 10.2 Å². The summed E-state index contributed by atoms with van der Waals surface area (Å²) in [6.07, 6.45) is 3.89. The van der Waals surface area contributed by atoms with E-state index in [1.165, 1.54) is 5.57 Å². The molecule has 1 heterocycles. The van der Waals surface area contributed by atoms with Crippen molar-refractivity contribution in [3.63, 3.8) is 0 Å². The normalized spacial score (nSPS) is 12.6. The maximum absolute atomic E-state index is 5.68. The molecule has 0 aliphatic rings. The van der Waals surface area contributed by atoms with Crippen molar-refractivity contribution in [1.82, 2.24) is 9.78 Å². The van der Waals surface area contributed by atoms with E-state index in [-0.39, 0.29) is 0 Å². The predicted molar refractivity (Wildman–Crippen MR) is 62.8 cm³/mol. The summed E-state index contributed by atoms with van der Waals surface area (Å²) in [5, 5.41) is 4.15. The third kappa shape index (κ3) is 2.45. The Kier molecular flexibility index (Phi) is 3.89. The van der Waals surface area contributed by atoms with E-state index < -0.39 is 0 Å². The molecule has 1 aromatic heterocycles. The lowest BCUT2D eigenvalue weighted by Gasteiger charge is -2.08. The van der Waals surface area contributed by atoms with Crippen LogP contribution < -0.4 is 5.73 Å². The Morgan fingerprint density at radius 3 is 2.71 bits per heavy atom. The molecule has 2 N–H and O–H groups in total. The molecule has 0 saturated carbocycles. The smallest absolute Gasteiger partial charge is 0.0749 e. The molecule has 0 fully saturated rings. The summed E-state index contributed by atoms with van der Waals surface area (Å²) in [4.78, 5) is 0.